The fourth-order valence-electron chi connectivity index (χ4n) is 3.36. The van der Waals surface area contributed by atoms with Crippen molar-refractivity contribution in [1.82, 2.24) is 5.43 Å². The lowest BCUT2D eigenvalue weighted by molar-refractivity contribution is -0.129. The molecule has 3 N–H and O–H groups in total. The summed E-state index contributed by atoms with van der Waals surface area (Å²) in [6.07, 6.45) is 2.99. The van der Waals surface area contributed by atoms with Crippen LogP contribution < -0.4 is 11.3 Å². The van der Waals surface area contributed by atoms with Crippen LogP contribution in [-0.2, 0) is 4.79 Å². The fourth-order valence-corrected chi connectivity index (χ4v) is 3.36. The zero-order valence-corrected chi connectivity index (χ0v) is 8.39. The number of carbonyl (C=O) groups is 1. The topological polar surface area (TPSA) is 55.1 Å². The molecule has 0 aromatic carbocycles. The first-order chi connectivity index (χ1) is 6.04. The van der Waals surface area contributed by atoms with Gasteiger partial charge < -0.3 is 0 Å². The smallest absolute Gasteiger partial charge is 0.141 e. The van der Waals surface area contributed by atoms with Gasteiger partial charge in [0.05, 0.1) is 0 Å². The van der Waals surface area contributed by atoms with E-state index in [-0.39, 0.29) is 10.8 Å². The van der Waals surface area contributed by atoms with Gasteiger partial charge in [-0.3, -0.25) is 16.1 Å². The Hall–Kier alpha value is -0.410. The van der Waals surface area contributed by atoms with Crippen LogP contribution in [0.2, 0.25) is 0 Å². The van der Waals surface area contributed by atoms with E-state index in [1.54, 1.807) is 0 Å². The van der Waals surface area contributed by atoms with Gasteiger partial charge in [-0.25, -0.2) is 0 Å². The molecule has 74 valence electrons. The molecule has 0 aliphatic heterocycles. The van der Waals surface area contributed by atoms with Crippen LogP contribution in [0.3, 0.4) is 0 Å². The van der Waals surface area contributed by atoms with Crippen molar-refractivity contribution in [2.45, 2.75) is 33.1 Å². The molecule has 3 heteroatoms. The van der Waals surface area contributed by atoms with E-state index in [1.807, 2.05) is 0 Å². The van der Waals surface area contributed by atoms with Gasteiger partial charge in [-0.2, -0.15) is 0 Å². The standard InChI is InChI=1S/C10H18N2O/c1-9(2)7-3-4-10(9,6-12-11)8(13)5-7/h7,12H,3-6,11H2,1-2H3. The molecule has 0 saturated heterocycles. The summed E-state index contributed by atoms with van der Waals surface area (Å²) in [4.78, 5) is 11.9. The van der Waals surface area contributed by atoms with Crippen molar-refractivity contribution >= 4 is 5.78 Å². The van der Waals surface area contributed by atoms with Crippen molar-refractivity contribution in [2.75, 3.05) is 6.54 Å². The predicted octanol–water partition coefficient (Wildman–Crippen LogP) is 0.845. The molecule has 0 spiro atoms. The highest BCUT2D eigenvalue weighted by molar-refractivity contribution is 5.89. The molecule has 2 saturated carbocycles. The maximum absolute atomic E-state index is 11.9. The molecule has 3 nitrogen and oxygen atoms in total. The Balaban J connectivity index is 2.37. The third kappa shape index (κ3) is 0.891. The highest BCUT2D eigenvalue weighted by atomic mass is 16.1. The minimum absolute atomic E-state index is 0.149. The first-order valence-corrected chi connectivity index (χ1v) is 5.01. The fraction of sp³-hybridized carbons (Fsp3) is 0.900. The van der Waals surface area contributed by atoms with Crippen LogP contribution in [0.4, 0.5) is 0 Å². The van der Waals surface area contributed by atoms with E-state index in [9.17, 15) is 4.79 Å². The van der Waals surface area contributed by atoms with Crippen LogP contribution in [-0.4, -0.2) is 12.3 Å². The Labute approximate surface area is 79.0 Å². The second-order valence-corrected chi connectivity index (χ2v) is 5.05. The molecule has 2 unspecified atom stereocenters. The van der Waals surface area contributed by atoms with Gasteiger partial charge in [0.15, 0.2) is 0 Å². The van der Waals surface area contributed by atoms with Gasteiger partial charge in [0, 0.05) is 18.4 Å². The van der Waals surface area contributed by atoms with Crippen LogP contribution >= 0.6 is 0 Å². The predicted molar refractivity (Wildman–Crippen MR) is 50.8 cm³/mol. The molecule has 0 aromatic heterocycles. The largest absolute Gasteiger partial charge is 0.299 e. The molecular formula is C10H18N2O. The molecule has 2 fully saturated rings. The lowest BCUT2D eigenvalue weighted by Crippen LogP contribution is -2.46. The molecule has 2 aliphatic carbocycles. The lowest BCUT2D eigenvalue weighted by Gasteiger charge is -2.36. The Morgan fingerprint density at radius 3 is 2.69 bits per heavy atom. The minimum atomic E-state index is -0.160. The molecule has 2 bridgehead atoms. The zero-order chi connectivity index (χ0) is 9.69. The Morgan fingerprint density at radius 2 is 2.31 bits per heavy atom. The third-order valence-corrected chi connectivity index (χ3v) is 4.54. The van der Waals surface area contributed by atoms with Crippen LogP contribution in [0, 0.1) is 16.7 Å². The number of nitrogens with one attached hydrogen (secondary N) is 1. The number of hydrazine groups is 1. The number of hydrogen-bond acceptors (Lipinski definition) is 3. The molecule has 2 rings (SSSR count). The molecule has 0 heterocycles. The third-order valence-electron chi connectivity index (χ3n) is 4.54. The minimum Gasteiger partial charge on any atom is -0.299 e. The number of rotatable bonds is 2. The molecule has 2 aliphatic rings. The van der Waals surface area contributed by atoms with Gasteiger partial charge in [0.25, 0.3) is 0 Å². The van der Waals surface area contributed by atoms with E-state index < -0.39 is 0 Å². The van der Waals surface area contributed by atoms with Gasteiger partial charge >= 0.3 is 0 Å². The summed E-state index contributed by atoms with van der Waals surface area (Å²) in [5.41, 5.74) is 2.68. The van der Waals surface area contributed by atoms with Crippen molar-refractivity contribution in [2.24, 2.45) is 22.6 Å². The summed E-state index contributed by atoms with van der Waals surface area (Å²) >= 11 is 0. The van der Waals surface area contributed by atoms with E-state index in [2.05, 4.69) is 19.3 Å². The van der Waals surface area contributed by atoms with Crippen molar-refractivity contribution in [3.05, 3.63) is 0 Å². The second kappa shape index (κ2) is 2.55. The average molecular weight is 182 g/mol. The molecule has 0 amide bonds. The van der Waals surface area contributed by atoms with Crippen molar-refractivity contribution < 1.29 is 4.79 Å². The maximum Gasteiger partial charge on any atom is 0.141 e. The lowest BCUT2D eigenvalue weighted by atomic mass is 9.69. The van der Waals surface area contributed by atoms with E-state index in [0.29, 0.717) is 18.2 Å². The van der Waals surface area contributed by atoms with Gasteiger partial charge in [-0.1, -0.05) is 13.8 Å². The molecule has 2 atom stereocenters. The number of ketones is 1. The SMILES string of the molecule is CC1(C)C2CCC1(CNN)C(=O)C2. The zero-order valence-electron chi connectivity index (χ0n) is 8.39. The van der Waals surface area contributed by atoms with Crippen molar-refractivity contribution in [3.8, 4) is 0 Å². The van der Waals surface area contributed by atoms with Crippen LogP contribution in [0.5, 0.6) is 0 Å². The normalized spacial score (nSPS) is 41.5. The van der Waals surface area contributed by atoms with Gasteiger partial charge in [-0.05, 0) is 24.2 Å². The highest BCUT2D eigenvalue weighted by Crippen LogP contribution is 2.63. The molecule has 0 aromatic rings. The molecular weight excluding hydrogens is 164 g/mol. The van der Waals surface area contributed by atoms with Crippen LogP contribution in [0.25, 0.3) is 0 Å². The van der Waals surface area contributed by atoms with E-state index in [1.165, 1.54) is 6.42 Å². The Morgan fingerprint density at radius 1 is 1.62 bits per heavy atom. The second-order valence-electron chi connectivity index (χ2n) is 5.05. The highest BCUT2D eigenvalue weighted by Gasteiger charge is 2.63. The average Bonchev–Trinajstić information content (AvgIpc) is 2.38. The number of Topliss-reactive ketones (excluding diaryl/α,β-unsaturated/α-hetero) is 1. The summed E-state index contributed by atoms with van der Waals surface area (Å²) in [6.45, 7) is 5.08. The van der Waals surface area contributed by atoms with E-state index >= 15 is 0 Å². The number of hydrogen-bond donors (Lipinski definition) is 2. The number of nitrogens with two attached hydrogens (primary N) is 1. The van der Waals surface area contributed by atoms with Crippen molar-refractivity contribution in [3.63, 3.8) is 0 Å². The molecule has 13 heavy (non-hydrogen) atoms. The summed E-state index contributed by atoms with van der Waals surface area (Å²) < 4.78 is 0. The van der Waals surface area contributed by atoms with Crippen LogP contribution in [0.1, 0.15) is 33.1 Å². The number of fused-ring (bicyclic) bond motifs is 2. The Bertz CT molecular complexity index is 249. The first-order valence-electron chi connectivity index (χ1n) is 5.01. The Kier molecular flexibility index (Phi) is 1.79. The van der Waals surface area contributed by atoms with Gasteiger partial charge in [0.2, 0.25) is 0 Å². The summed E-state index contributed by atoms with van der Waals surface area (Å²) in [6, 6.07) is 0. The first kappa shape index (κ1) is 9.16. The monoisotopic (exact) mass is 182 g/mol. The quantitative estimate of drug-likeness (QED) is 0.491. The summed E-state index contributed by atoms with van der Waals surface area (Å²) in [5.74, 6) is 6.38. The van der Waals surface area contributed by atoms with Gasteiger partial charge in [-0.15, -0.1) is 0 Å². The van der Waals surface area contributed by atoms with E-state index in [4.69, 9.17) is 5.84 Å². The molecule has 0 radical (unpaired) electrons. The van der Waals surface area contributed by atoms with Crippen LogP contribution in [0.15, 0.2) is 0 Å². The summed E-state index contributed by atoms with van der Waals surface area (Å²) in [7, 11) is 0. The number of carbonyl (C=O) groups excluding carboxylic acids is 1. The van der Waals surface area contributed by atoms with E-state index in [0.717, 1.165) is 12.8 Å². The van der Waals surface area contributed by atoms with Crippen molar-refractivity contribution in [1.29, 1.82) is 0 Å². The maximum atomic E-state index is 11.9. The van der Waals surface area contributed by atoms with Gasteiger partial charge in [0.1, 0.15) is 5.78 Å². The summed E-state index contributed by atoms with van der Waals surface area (Å²) in [5, 5.41) is 0.